The molecule has 1 N–H and O–H groups in total. The largest absolute Gasteiger partial charge is 0.367 e. The maximum atomic E-state index is 11.6. The molecule has 1 atom stereocenters. The van der Waals surface area contributed by atoms with Crippen LogP contribution in [0.25, 0.3) is 0 Å². The van der Waals surface area contributed by atoms with Crippen LogP contribution in [0.3, 0.4) is 0 Å². The molecule has 0 bridgehead atoms. The van der Waals surface area contributed by atoms with E-state index in [9.17, 15) is 4.79 Å². The third-order valence-corrected chi connectivity index (χ3v) is 5.15. The Morgan fingerprint density at radius 1 is 1.25 bits per heavy atom. The molecular weight excluding hydrogens is 304 g/mol. The quantitative estimate of drug-likeness (QED) is 0.869. The first kappa shape index (κ1) is 17.0. The van der Waals surface area contributed by atoms with Gasteiger partial charge < -0.3 is 20.0 Å². The molecule has 0 aliphatic carbocycles. The van der Waals surface area contributed by atoms with Crippen molar-refractivity contribution in [1.29, 1.82) is 0 Å². The van der Waals surface area contributed by atoms with E-state index < -0.39 is 0 Å². The third-order valence-electron chi connectivity index (χ3n) is 5.15. The molecule has 1 unspecified atom stereocenters. The molecule has 2 aliphatic rings. The monoisotopic (exact) mass is 332 g/mol. The lowest BCUT2D eigenvalue weighted by atomic mass is 10.0. The summed E-state index contributed by atoms with van der Waals surface area (Å²) in [4.78, 5) is 26.6. The zero-order chi connectivity index (χ0) is 17.1. The zero-order valence-electron chi connectivity index (χ0n) is 14.9. The van der Waals surface area contributed by atoms with Gasteiger partial charge in [-0.15, -0.1) is 0 Å². The fraction of sp³-hybridized carbons (Fsp3) is 0.706. The van der Waals surface area contributed by atoms with E-state index in [0.717, 1.165) is 50.5 Å². The van der Waals surface area contributed by atoms with E-state index in [4.69, 9.17) is 0 Å². The van der Waals surface area contributed by atoms with Gasteiger partial charge in [0.1, 0.15) is 18.0 Å². The number of nitrogens with zero attached hydrogens (tertiary/aromatic N) is 5. The maximum Gasteiger partial charge on any atom is 0.222 e. The molecule has 1 aromatic heterocycles. The molecule has 3 heterocycles. The van der Waals surface area contributed by atoms with Gasteiger partial charge in [-0.2, -0.15) is 0 Å². The highest BCUT2D eigenvalue weighted by Gasteiger charge is 2.30. The van der Waals surface area contributed by atoms with Gasteiger partial charge in [0.15, 0.2) is 0 Å². The lowest BCUT2D eigenvalue weighted by molar-refractivity contribution is -0.127. The van der Waals surface area contributed by atoms with Crippen molar-refractivity contribution in [2.45, 2.75) is 37.8 Å². The molecule has 7 nitrogen and oxygen atoms in total. The van der Waals surface area contributed by atoms with Crippen molar-refractivity contribution in [1.82, 2.24) is 19.8 Å². The molecule has 2 saturated heterocycles. The van der Waals surface area contributed by atoms with Gasteiger partial charge in [-0.1, -0.05) is 0 Å². The zero-order valence-corrected chi connectivity index (χ0v) is 14.9. The number of piperidine rings is 1. The van der Waals surface area contributed by atoms with Crippen molar-refractivity contribution in [2.75, 3.05) is 51.0 Å². The number of likely N-dealkylation sites (N-methyl/N-ethyl adjacent to an activating group) is 1. The molecule has 0 aromatic carbocycles. The van der Waals surface area contributed by atoms with Crippen LogP contribution < -0.4 is 10.2 Å². The highest BCUT2D eigenvalue weighted by atomic mass is 16.2. The average molecular weight is 332 g/mol. The lowest BCUT2D eigenvalue weighted by Crippen LogP contribution is -2.45. The van der Waals surface area contributed by atoms with Crippen LogP contribution in [-0.2, 0) is 4.79 Å². The molecule has 0 radical (unpaired) electrons. The SMILES string of the molecule is CN(C)c1cc(NC2CCN(CC3CCC(=O)N3C)CC2)ncn1. The topological polar surface area (TPSA) is 64.6 Å². The predicted octanol–water partition coefficient (Wildman–Crippen LogP) is 1.04. The highest BCUT2D eigenvalue weighted by Crippen LogP contribution is 2.21. The first-order valence-corrected chi connectivity index (χ1v) is 8.77. The van der Waals surface area contributed by atoms with Crippen LogP contribution in [0, 0.1) is 0 Å². The van der Waals surface area contributed by atoms with Gasteiger partial charge in [0.25, 0.3) is 0 Å². The van der Waals surface area contributed by atoms with E-state index in [1.807, 2.05) is 37.0 Å². The number of nitrogens with one attached hydrogen (secondary N) is 1. The number of hydrogen-bond donors (Lipinski definition) is 1. The fourth-order valence-electron chi connectivity index (χ4n) is 3.52. The second-order valence-corrected chi connectivity index (χ2v) is 7.07. The molecular formula is C17H28N6O. The summed E-state index contributed by atoms with van der Waals surface area (Å²) >= 11 is 0. The molecule has 0 saturated carbocycles. The van der Waals surface area contributed by atoms with Crippen LogP contribution in [-0.4, -0.2) is 78.5 Å². The molecule has 3 rings (SSSR count). The Bertz CT molecular complexity index is 570. The summed E-state index contributed by atoms with van der Waals surface area (Å²) in [5.74, 6) is 2.10. The molecule has 1 aromatic rings. The standard InChI is InChI=1S/C17H28N6O/c1-21(2)16-10-15(18-12-19-16)20-13-6-8-23(9-7-13)11-14-4-5-17(24)22(14)3/h10,12-14H,4-9,11H2,1-3H3,(H,18,19,20). The Labute approximate surface area is 144 Å². The van der Waals surface area contributed by atoms with Crippen LogP contribution in [0.1, 0.15) is 25.7 Å². The Kier molecular flexibility index (Phi) is 5.18. The minimum Gasteiger partial charge on any atom is -0.367 e. The smallest absolute Gasteiger partial charge is 0.222 e. The summed E-state index contributed by atoms with van der Waals surface area (Å²) in [6, 6.07) is 2.84. The number of hydrogen-bond acceptors (Lipinski definition) is 6. The van der Waals surface area contributed by atoms with E-state index >= 15 is 0 Å². The number of aromatic nitrogens is 2. The normalized spacial score (nSPS) is 22.9. The third kappa shape index (κ3) is 3.95. The van der Waals surface area contributed by atoms with E-state index in [1.165, 1.54) is 0 Å². The van der Waals surface area contributed by atoms with Crippen molar-refractivity contribution in [3.05, 3.63) is 12.4 Å². The van der Waals surface area contributed by atoms with E-state index in [1.54, 1.807) is 6.33 Å². The number of amides is 1. The Balaban J connectivity index is 1.47. The molecule has 1 amide bonds. The van der Waals surface area contributed by atoms with E-state index in [-0.39, 0.29) is 5.91 Å². The van der Waals surface area contributed by atoms with E-state index in [0.29, 0.717) is 18.5 Å². The summed E-state index contributed by atoms with van der Waals surface area (Å²) in [6.07, 6.45) is 5.53. The van der Waals surface area contributed by atoms with Crippen LogP contribution in [0.2, 0.25) is 0 Å². The van der Waals surface area contributed by atoms with Crippen molar-refractivity contribution in [3.63, 3.8) is 0 Å². The van der Waals surface area contributed by atoms with Gasteiger partial charge in [-0.05, 0) is 19.3 Å². The van der Waals surface area contributed by atoms with Crippen LogP contribution in [0.5, 0.6) is 0 Å². The molecule has 2 aliphatic heterocycles. The molecule has 24 heavy (non-hydrogen) atoms. The number of likely N-dealkylation sites (tertiary alicyclic amines) is 2. The first-order valence-electron chi connectivity index (χ1n) is 8.77. The summed E-state index contributed by atoms with van der Waals surface area (Å²) in [5, 5.41) is 3.54. The lowest BCUT2D eigenvalue weighted by Gasteiger charge is -2.35. The minimum absolute atomic E-state index is 0.289. The molecule has 0 spiro atoms. The van der Waals surface area contributed by atoms with Crippen molar-refractivity contribution < 1.29 is 4.79 Å². The fourth-order valence-corrected chi connectivity index (χ4v) is 3.52. The van der Waals surface area contributed by atoms with Gasteiger partial charge in [0.2, 0.25) is 5.91 Å². The molecule has 132 valence electrons. The van der Waals surface area contributed by atoms with Gasteiger partial charge >= 0.3 is 0 Å². The maximum absolute atomic E-state index is 11.6. The van der Waals surface area contributed by atoms with Gasteiger partial charge in [0.05, 0.1) is 0 Å². The van der Waals surface area contributed by atoms with Crippen LogP contribution in [0.4, 0.5) is 11.6 Å². The first-order chi connectivity index (χ1) is 11.5. The summed E-state index contributed by atoms with van der Waals surface area (Å²) in [6.45, 7) is 3.15. The molecule has 7 heteroatoms. The number of rotatable bonds is 5. The minimum atomic E-state index is 0.289. The summed E-state index contributed by atoms with van der Waals surface area (Å²) < 4.78 is 0. The summed E-state index contributed by atoms with van der Waals surface area (Å²) in [5.41, 5.74) is 0. The number of anilines is 2. The van der Waals surface area contributed by atoms with Crippen molar-refractivity contribution in [3.8, 4) is 0 Å². The van der Waals surface area contributed by atoms with Crippen molar-refractivity contribution in [2.24, 2.45) is 0 Å². The Hall–Kier alpha value is -1.89. The number of carbonyl (C=O) groups excluding carboxylic acids is 1. The average Bonchev–Trinajstić information content (AvgIpc) is 2.89. The second kappa shape index (κ2) is 7.34. The van der Waals surface area contributed by atoms with Crippen molar-refractivity contribution >= 4 is 17.5 Å². The van der Waals surface area contributed by atoms with Gasteiger partial charge in [0, 0.05) is 65.3 Å². The van der Waals surface area contributed by atoms with Gasteiger partial charge in [-0.25, -0.2) is 9.97 Å². The van der Waals surface area contributed by atoms with Crippen LogP contribution in [0.15, 0.2) is 12.4 Å². The summed E-state index contributed by atoms with van der Waals surface area (Å²) in [7, 11) is 5.90. The number of carbonyl (C=O) groups is 1. The molecule has 2 fully saturated rings. The predicted molar refractivity (Wildman–Crippen MR) is 95.2 cm³/mol. The second-order valence-electron chi connectivity index (χ2n) is 7.07. The Morgan fingerprint density at radius 2 is 2.00 bits per heavy atom. The Morgan fingerprint density at radius 3 is 2.62 bits per heavy atom. The van der Waals surface area contributed by atoms with E-state index in [2.05, 4.69) is 20.2 Å². The van der Waals surface area contributed by atoms with Gasteiger partial charge in [-0.3, -0.25) is 4.79 Å². The highest BCUT2D eigenvalue weighted by molar-refractivity contribution is 5.78. The van der Waals surface area contributed by atoms with Crippen LogP contribution >= 0.6 is 0 Å².